The van der Waals surface area contributed by atoms with E-state index < -0.39 is 5.97 Å². The number of methoxy groups -OCH3 is 1. The molecule has 0 unspecified atom stereocenters. The molecule has 116 valence electrons. The summed E-state index contributed by atoms with van der Waals surface area (Å²) in [4.78, 5) is 16.4. The van der Waals surface area contributed by atoms with Crippen LogP contribution in [-0.2, 0) is 17.6 Å². The molecular formula is C19H17NO3. The van der Waals surface area contributed by atoms with Crippen molar-refractivity contribution >= 4 is 5.97 Å². The number of esters is 1. The van der Waals surface area contributed by atoms with Gasteiger partial charge < -0.3 is 9.15 Å². The number of nitrogens with zero attached hydrogens (tertiary/aromatic N) is 1. The molecule has 23 heavy (non-hydrogen) atoms. The summed E-state index contributed by atoms with van der Waals surface area (Å²) < 4.78 is 10.5. The fourth-order valence-electron chi connectivity index (χ4n) is 2.41. The molecular weight excluding hydrogens is 290 g/mol. The van der Waals surface area contributed by atoms with Crippen molar-refractivity contribution in [2.45, 2.75) is 12.8 Å². The van der Waals surface area contributed by atoms with Gasteiger partial charge >= 0.3 is 5.97 Å². The molecule has 3 aromatic rings. The van der Waals surface area contributed by atoms with Gasteiger partial charge in [0.2, 0.25) is 5.76 Å². The standard InChI is InChI=1S/C19H17NO3/c1-22-19(21)18-16(12-14-8-4-2-5-9-14)20-17(23-18)13-15-10-6-3-7-11-15/h2-11H,12-13H2,1H3. The van der Waals surface area contributed by atoms with Gasteiger partial charge in [0.25, 0.3) is 0 Å². The summed E-state index contributed by atoms with van der Waals surface area (Å²) in [6.07, 6.45) is 1.07. The SMILES string of the molecule is COC(=O)c1oc(Cc2ccccc2)nc1Cc1ccccc1. The fourth-order valence-corrected chi connectivity index (χ4v) is 2.41. The Bertz CT molecular complexity index is 779. The Labute approximate surface area is 134 Å². The van der Waals surface area contributed by atoms with E-state index in [0.29, 0.717) is 24.4 Å². The summed E-state index contributed by atoms with van der Waals surface area (Å²) >= 11 is 0. The first-order valence-electron chi connectivity index (χ1n) is 7.41. The fraction of sp³-hybridized carbons (Fsp3) is 0.158. The Morgan fingerprint density at radius 2 is 1.52 bits per heavy atom. The zero-order valence-corrected chi connectivity index (χ0v) is 12.9. The molecule has 0 amide bonds. The monoisotopic (exact) mass is 307 g/mol. The highest BCUT2D eigenvalue weighted by molar-refractivity contribution is 5.87. The first kappa shape index (κ1) is 15.0. The van der Waals surface area contributed by atoms with Gasteiger partial charge in [0.05, 0.1) is 12.8 Å². The number of carbonyl (C=O) groups is 1. The first-order valence-corrected chi connectivity index (χ1v) is 7.41. The quantitative estimate of drug-likeness (QED) is 0.675. The molecule has 0 N–H and O–H groups in total. The van der Waals surface area contributed by atoms with Crippen LogP contribution in [0.4, 0.5) is 0 Å². The molecule has 2 aromatic carbocycles. The molecule has 0 spiro atoms. The van der Waals surface area contributed by atoms with E-state index in [9.17, 15) is 4.79 Å². The topological polar surface area (TPSA) is 52.3 Å². The molecule has 0 atom stereocenters. The normalized spacial score (nSPS) is 10.5. The summed E-state index contributed by atoms with van der Waals surface area (Å²) in [5, 5.41) is 0. The van der Waals surface area contributed by atoms with Gasteiger partial charge in [0, 0.05) is 12.8 Å². The Balaban J connectivity index is 1.89. The Kier molecular flexibility index (Phi) is 4.52. The molecule has 0 bridgehead atoms. The maximum Gasteiger partial charge on any atom is 0.376 e. The molecule has 0 aliphatic rings. The third kappa shape index (κ3) is 3.66. The molecule has 1 heterocycles. The summed E-state index contributed by atoms with van der Waals surface area (Å²) in [5.41, 5.74) is 2.75. The van der Waals surface area contributed by atoms with Crippen LogP contribution >= 0.6 is 0 Å². The van der Waals surface area contributed by atoms with E-state index in [1.807, 2.05) is 60.7 Å². The van der Waals surface area contributed by atoms with Crippen molar-refractivity contribution in [2.24, 2.45) is 0 Å². The second-order valence-electron chi connectivity index (χ2n) is 5.20. The number of carbonyl (C=O) groups excluding carboxylic acids is 1. The molecule has 0 radical (unpaired) electrons. The van der Waals surface area contributed by atoms with Crippen LogP contribution in [0, 0.1) is 0 Å². The number of rotatable bonds is 5. The van der Waals surface area contributed by atoms with Crippen LogP contribution in [0.2, 0.25) is 0 Å². The van der Waals surface area contributed by atoms with Gasteiger partial charge in [0.15, 0.2) is 5.89 Å². The van der Waals surface area contributed by atoms with E-state index >= 15 is 0 Å². The van der Waals surface area contributed by atoms with Crippen molar-refractivity contribution in [3.05, 3.63) is 89.1 Å². The van der Waals surface area contributed by atoms with Gasteiger partial charge in [-0.25, -0.2) is 9.78 Å². The summed E-state index contributed by atoms with van der Waals surface area (Å²) in [6, 6.07) is 19.7. The van der Waals surface area contributed by atoms with Gasteiger partial charge in [-0.3, -0.25) is 0 Å². The lowest BCUT2D eigenvalue weighted by Crippen LogP contribution is -2.04. The largest absolute Gasteiger partial charge is 0.463 e. The number of ether oxygens (including phenoxy) is 1. The molecule has 1 aromatic heterocycles. The first-order chi connectivity index (χ1) is 11.3. The smallest absolute Gasteiger partial charge is 0.376 e. The number of aromatic nitrogens is 1. The summed E-state index contributed by atoms with van der Waals surface area (Å²) in [6.45, 7) is 0. The Morgan fingerprint density at radius 1 is 0.957 bits per heavy atom. The van der Waals surface area contributed by atoms with E-state index in [-0.39, 0.29) is 5.76 Å². The average molecular weight is 307 g/mol. The minimum absolute atomic E-state index is 0.183. The van der Waals surface area contributed by atoms with Crippen LogP contribution < -0.4 is 0 Å². The molecule has 4 nitrogen and oxygen atoms in total. The molecule has 0 aliphatic heterocycles. The highest BCUT2D eigenvalue weighted by Crippen LogP contribution is 2.19. The van der Waals surface area contributed by atoms with Crippen LogP contribution in [-0.4, -0.2) is 18.1 Å². The zero-order valence-electron chi connectivity index (χ0n) is 12.9. The third-order valence-corrected chi connectivity index (χ3v) is 3.52. The van der Waals surface area contributed by atoms with Gasteiger partial charge in [-0.15, -0.1) is 0 Å². The molecule has 3 rings (SSSR count). The second kappa shape index (κ2) is 6.92. The minimum Gasteiger partial charge on any atom is -0.463 e. The van der Waals surface area contributed by atoms with Crippen molar-refractivity contribution in [3.63, 3.8) is 0 Å². The number of oxazole rings is 1. The molecule has 4 heteroatoms. The lowest BCUT2D eigenvalue weighted by Gasteiger charge is -1.99. The lowest BCUT2D eigenvalue weighted by molar-refractivity contribution is 0.0562. The van der Waals surface area contributed by atoms with Crippen molar-refractivity contribution in [1.29, 1.82) is 0 Å². The van der Waals surface area contributed by atoms with E-state index in [1.165, 1.54) is 7.11 Å². The Morgan fingerprint density at radius 3 is 2.09 bits per heavy atom. The van der Waals surface area contributed by atoms with Crippen molar-refractivity contribution in [1.82, 2.24) is 4.98 Å². The highest BCUT2D eigenvalue weighted by atomic mass is 16.5. The van der Waals surface area contributed by atoms with Gasteiger partial charge in [-0.05, 0) is 11.1 Å². The lowest BCUT2D eigenvalue weighted by atomic mass is 10.1. The molecule has 0 saturated heterocycles. The average Bonchev–Trinajstić information content (AvgIpc) is 2.98. The van der Waals surface area contributed by atoms with E-state index in [1.54, 1.807) is 0 Å². The van der Waals surface area contributed by atoms with E-state index in [2.05, 4.69) is 4.98 Å². The third-order valence-electron chi connectivity index (χ3n) is 3.52. The van der Waals surface area contributed by atoms with E-state index in [0.717, 1.165) is 11.1 Å². The zero-order chi connectivity index (χ0) is 16.1. The number of benzene rings is 2. The maximum atomic E-state index is 11.9. The summed E-state index contributed by atoms with van der Waals surface area (Å²) in [5.74, 6) is 0.201. The van der Waals surface area contributed by atoms with Gasteiger partial charge in [0.1, 0.15) is 0 Å². The van der Waals surface area contributed by atoms with Crippen molar-refractivity contribution in [3.8, 4) is 0 Å². The minimum atomic E-state index is -0.497. The molecule has 0 fully saturated rings. The molecule has 0 saturated carbocycles. The molecule has 0 aliphatic carbocycles. The maximum absolute atomic E-state index is 11.9. The van der Waals surface area contributed by atoms with Crippen LogP contribution in [0.1, 0.15) is 33.3 Å². The van der Waals surface area contributed by atoms with Gasteiger partial charge in [-0.1, -0.05) is 60.7 Å². The number of hydrogen-bond donors (Lipinski definition) is 0. The Hall–Kier alpha value is -2.88. The van der Waals surface area contributed by atoms with Crippen molar-refractivity contribution in [2.75, 3.05) is 7.11 Å². The van der Waals surface area contributed by atoms with Crippen LogP contribution in [0.15, 0.2) is 65.1 Å². The summed E-state index contributed by atoms with van der Waals surface area (Å²) in [7, 11) is 1.34. The van der Waals surface area contributed by atoms with E-state index in [4.69, 9.17) is 9.15 Å². The van der Waals surface area contributed by atoms with Crippen molar-refractivity contribution < 1.29 is 13.9 Å². The predicted octanol–water partition coefficient (Wildman–Crippen LogP) is 3.64. The van der Waals surface area contributed by atoms with Gasteiger partial charge in [-0.2, -0.15) is 0 Å². The van der Waals surface area contributed by atoms with Crippen LogP contribution in [0.3, 0.4) is 0 Å². The number of hydrogen-bond acceptors (Lipinski definition) is 4. The van der Waals surface area contributed by atoms with Crippen LogP contribution in [0.5, 0.6) is 0 Å². The second-order valence-corrected chi connectivity index (χ2v) is 5.20. The predicted molar refractivity (Wildman–Crippen MR) is 86.3 cm³/mol. The van der Waals surface area contributed by atoms with Crippen LogP contribution in [0.25, 0.3) is 0 Å². The highest BCUT2D eigenvalue weighted by Gasteiger charge is 2.21.